The summed E-state index contributed by atoms with van der Waals surface area (Å²) in [5, 5.41) is 0.488. The summed E-state index contributed by atoms with van der Waals surface area (Å²) in [6, 6.07) is 7.16. The number of benzene rings is 1. The van der Waals surface area contributed by atoms with E-state index in [-0.39, 0.29) is 10.7 Å². The fourth-order valence-corrected chi connectivity index (χ4v) is 2.45. The summed E-state index contributed by atoms with van der Waals surface area (Å²) in [5.41, 5.74) is 5.32. The first-order valence-electron chi connectivity index (χ1n) is 5.05. The first-order valence-corrected chi connectivity index (χ1v) is 6.91. The Kier molecular flexibility index (Phi) is 3.50. The molecule has 2 rings (SSSR count). The van der Waals surface area contributed by atoms with Gasteiger partial charge in [-0.2, -0.15) is 0 Å². The molecular formula is C11H9ClN2O4S. The highest BCUT2D eigenvalue weighted by Gasteiger charge is 2.19. The summed E-state index contributed by atoms with van der Waals surface area (Å²) in [7, 11) is -3.83. The van der Waals surface area contributed by atoms with Crippen molar-refractivity contribution in [1.29, 1.82) is 0 Å². The molecule has 8 heteroatoms. The average molecular weight is 301 g/mol. The van der Waals surface area contributed by atoms with Gasteiger partial charge in [0.2, 0.25) is 0 Å². The van der Waals surface area contributed by atoms with Crippen LogP contribution in [0.3, 0.4) is 0 Å². The van der Waals surface area contributed by atoms with Crippen molar-refractivity contribution in [2.75, 3.05) is 4.72 Å². The Morgan fingerprint density at radius 2 is 1.89 bits per heavy atom. The number of carbonyl (C=O) groups is 1. The summed E-state index contributed by atoms with van der Waals surface area (Å²) >= 11 is 5.69. The van der Waals surface area contributed by atoms with Crippen LogP contribution in [0.1, 0.15) is 10.6 Å². The van der Waals surface area contributed by atoms with E-state index in [1.54, 1.807) is 12.1 Å². The third kappa shape index (κ3) is 3.07. The molecule has 19 heavy (non-hydrogen) atoms. The maximum atomic E-state index is 12.0. The first-order chi connectivity index (χ1) is 8.88. The third-order valence-electron chi connectivity index (χ3n) is 2.22. The molecule has 0 saturated heterocycles. The van der Waals surface area contributed by atoms with Crippen LogP contribution < -0.4 is 10.5 Å². The summed E-state index contributed by atoms with van der Waals surface area (Å²) < 4.78 is 31.0. The highest BCUT2D eigenvalue weighted by atomic mass is 35.5. The SMILES string of the molecule is NC(=O)c1cc(S(=O)(=O)Nc2ccc(Cl)cc2)co1. The fourth-order valence-electron chi connectivity index (χ4n) is 1.32. The van der Waals surface area contributed by atoms with Crippen LogP contribution in [0.5, 0.6) is 0 Å². The second-order valence-electron chi connectivity index (χ2n) is 3.62. The minimum atomic E-state index is -3.83. The van der Waals surface area contributed by atoms with E-state index in [9.17, 15) is 13.2 Å². The van der Waals surface area contributed by atoms with Gasteiger partial charge in [-0.3, -0.25) is 9.52 Å². The quantitative estimate of drug-likeness (QED) is 0.899. The number of carbonyl (C=O) groups excluding carboxylic acids is 1. The second-order valence-corrected chi connectivity index (χ2v) is 5.74. The van der Waals surface area contributed by atoms with E-state index in [0.29, 0.717) is 10.7 Å². The Bertz CT molecular complexity index is 707. The Balaban J connectivity index is 2.26. The van der Waals surface area contributed by atoms with E-state index >= 15 is 0 Å². The highest BCUT2D eigenvalue weighted by molar-refractivity contribution is 7.92. The van der Waals surface area contributed by atoms with Crippen molar-refractivity contribution < 1.29 is 17.6 Å². The highest BCUT2D eigenvalue weighted by Crippen LogP contribution is 2.19. The predicted molar refractivity (Wildman–Crippen MR) is 69.5 cm³/mol. The van der Waals surface area contributed by atoms with Gasteiger partial charge in [-0.1, -0.05) is 11.6 Å². The predicted octanol–water partition coefficient (Wildman–Crippen LogP) is 1.83. The average Bonchev–Trinajstić information content (AvgIpc) is 2.82. The third-order valence-corrected chi connectivity index (χ3v) is 3.82. The van der Waals surface area contributed by atoms with Crippen LogP contribution in [0, 0.1) is 0 Å². The van der Waals surface area contributed by atoms with Gasteiger partial charge in [0, 0.05) is 16.8 Å². The molecule has 1 aromatic heterocycles. The number of halogens is 1. The lowest BCUT2D eigenvalue weighted by Gasteiger charge is -2.05. The monoisotopic (exact) mass is 300 g/mol. The van der Waals surface area contributed by atoms with Gasteiger partial charge in [0.05, 0.1) is 0 Å². The van der Waals surface area contributed by atoms with Crippen molar-refractivity contribution in [3.8, 4) is 0 Å². The van der Waals surface area contributed by atoms with Gasteiger partial charge in [-0.15, -0.1) is 0 Å². The van der Waals surface area contributed by atoms with Gasteiger partial charge in [0.15, 0.2) is 5.76 Å². The van der Waals surface area contributed by atoms with Crippen molar-refractivity contribution in [1.82, 2.24) is 0 Å². The van der Waals surface area contributed by atoms with Crippen LogP contribution in [0.2, 0.25) is 5.02 Å². The molecule has 0 aliphatic heterocycles. The number of furan rings is 1. The number of hydrogen-bond donors (Lipinski definition) is 2. The summed E-state index contributed by atoms with van der Waals surface area (Å²) in [5.74, 6) is -1.07. The van der Waals surface area contributed by atoms with Crippen molar-refractivity contribution >= 4 is 33.2 Å². The van der Waals surface area contributed by atoms with Crippen LogP contribution >= 0.6 is 11.6 Å². The molecule has 0 aliphatic rings. The van der Waals surface area contributed by atoms with Crippen molar-refractivity contribution in [3.63, 3.8) is 0 Å². The molecular weight excluding hydrogens is 292 g/mol. The molecule has 0 saturated carbocycles. The molecule has 1 heterocycles. The molecule has 2 aromatic rings. The maximum absolute atomic E-state index is 12.0. The van der Waals surface area contributed by atoms with E-state index < -0.39 is 15.9 Å². The smallest absolute Gasteiger partial charge is 0.284 e. The summed E-state index contributed by atoms with van der Waals surface area (Å²) in [4.78, 5) is 10.7. The lowest BCUT2D eigenvalue weighted by Crippen LogP contribution is -2.13. The lowest BCUT2D eigenvalue weighted by atomic mass is 10.3. The molecule has 3 N–H and O–H groups in total. The molecule has 0 unspecified atom stereocenters. The van der Waals surface area contributed by atoms with Crippen molar-refractivity contribution in [2.24, 2.45) is 5.73 Å². The molecule has 0 bridgehead atoms. The van der Waals surface area contributed by atoms with Gasteiger partial charge in [0.25, 0.3) is 15.9 Å². The van der Waals surface area contributed by atoms with Gasteiger partial charge >= 0.3 is 0 Å². The fraction of sp³-hybridized carbons (Fsp3) is 0. The Morgan fingerprint density at radius 3 is 2.42 bits per heavy atom. The molecule has 6 nitrogen and oxygen atoms in total. The zero-order valence-corrected chi connectivity index (χ0v) is 11.0. The van der Waals surface area contributed by atoms with Crippen LogP contribution in [0.25, 0.3) is 0 Å². The minimum Gasteiger partial charge on any atom is -0.458 e. The number of rotatable bonds is 4. The van der Waals surface area contributed by atoms with Crippen LogP contribution in [0.4, 0.5) is 5.69 Å². The van der Waals surface area contributed by atoms with Gasteiger partial charge in [-0.05, 0) is 24.3 Å². The van der Waals surface area contributed by atoms with Crippen molar-refractivity contribution in [2.45, 2.75) is 4.90 Å². The molecule has 100 valence electrons. The zero-order chi connectivity index (χ0) is 14.0. The molecule has 0 fully saturated rings. The summed E-state index contributed by atoms with van der Waals surface area (Å²) in [6.45, 7) is 0. The van der Waals surface area contributed by atoms with E-state index in [0.717, 1.165) is 12.3 Å². The number of primary amides is 1. The zero-order valence-electron chi connectivity index (χ0n) is 9.46. The Morgan fingerprint density at radius 1 is 1.26 bits per heavy atom. The van der Waals surface area contributed by atoms with Gasteiger partial charge in [-0.25, -0.2) is 8.42 Å². The van der Waals surface area contributed by atoms with E-state index in [2.05, 4.69) is 4.72 Å². The van der Waals surface area contributed by atoms with Crippen molar-refractivity contribution in [3.05, 3.63) is 47.4 Å². The minimum absolute atomic E-state index is 0.184. The summed E-state index contributed by atoms with van der Waals surface area (Å²) in [6.07, 6.45) is 0.943. The van der Waals surface area contributed by atoms with E-state index in [1.807, 2.05) is 0 Å². The number of anilines is 1. The molecule has 0 spiro atoms. The van der Waals surface area contributed by atoms with Crippen LogP contribution in [-0.2, 0) is 10.0 Å². The van der Waals surface area contributed by atoms with Gasteiger partial charge in [0.1, 0.15) is 11.2 Å². The van der Waals surface area contributed by atoms with E-state index in [1.165, 1.54) is 12.1 Å². The Labute approximate surface area is 114 Å². The molecule has 0 radical (unpaired) electrons. The van der Waals surface area contributed by atoms with Crippen LogP contribution in [-0.4, -0.2) is 14.3 Å². The number of nitrogens with two attached hydrogens (primary N) is 1. The number of amides is 1. The topological polar surface area (TPSA) is 102 Å². The molecule has 1 aromatic carbocycles. The van der Waals surface area contributed by atoms with Crippen LogP contribution in [0.15, 0.2) is 45.9 Å². The maximum Gasteiger partial charge on any atom is 0.284 e. The first kappa shape index (κ1) is 13.4. The second kappa shape index (κ2) is 4.94. The normalized spacial score (nSPS) is 11.2. The number of sulfonamides is 1. The molecule has 0 atom stereocenters. The molecule has 0 aliphatic carbocycles. The molecule has 1 amide bonds. The lowest BCUT2D eigenvalue weighted by molar-refractivity contribution is 0.0974. The van der Waals surface area contributed by atoms with E-state index in [4.69, 9.17) is 21.8 Å². The van der Waals surface area contributed by atoms with Gasteiger partial charge < -0.3 is 10.2 Å². The standard InChI is InChI=1S/C11H9ClN2O4S/c12-7-1-3-8(4-2-7)14-19(16,17)9-5-10(11(13)15)18-6-9/h1-6,14H,(H2,13,15). The number of nitrogens with one attached hydrogen (secondary N) is 1. The number of hydrogen-bond acceptors (Lipinski definition) is 4. The Hall–Kier alpha value is -1.99. The largest absolute Gasteiger partial charge is 0.458 e.